The predicted molar refractivity (Wildman–Crippen MR) is 107 cm³/mol. The zero-order valence-electron chi connectivity index (χ0n) is 15.9. The number of aromatic amines is 1. The van der Waals surface area contributed by atoms with E-state index in [2.05, 4.69) is 25.3 Å². The number of piperidine rings is 1. The van der Waals surface area contributed by atoms with E-state index in [1.165, 1.54) is 6.07 Å². The average Bonchev–Trinajstić information content (AvgIpc) is 3.35. The molecule has 29 heavy (non-hydrogen) atoms. The van der Waals surface area contributed by atoms with Gasteiger partial charge in [0.25, 0.3) is 0 Å². The number of nitrogens with zero attached hydrogens (tertiary/aromatic N) is 5. The highest BCUT2D eigenvalue weighted by molar-refractivity contribution is 5.93. The third kappa shape index (κ3) is 3.18. The lowest BCUT2D eigenvalue weighted by Crippen LogP contribution is -2.41. The zero-order chi connectivity index (χ0) is 20.0. The second-order valence-corrected chi connectivity index (χ2v) is 7.32. The van der Waals surface area contributed by atoms with Gasteiger partial charge in [0.1, 0.15) is 5.65 Å². The molecule has 4 aromatic heterocycles. The number of halogens is 1. The molecule has 9 heteroatoms. The van der Waals surface area contributed by atoms with Crippen LogP contribution in [0.3, 0.4) is 0 Å². The first-order valence-corrected chi connectivity index (χ1v) is 9.57. The molecule has 4 aromatic rings. The van der Waals surface area contributed by atoms with E-state index < -0.39 is 0 Å². The highest BCUT2D eigenvalue weighted by atomic mass is 19.1. The predicted octanol–water partition coefficient (Wildman–Crippen LogP) is 2.83. The van der Waals surface area contributed by atoms with E-state index in [9.17, 15) is 9.18 Å². The van der Waals surface area contributed by atoms with Gasteiger partial charge in [0.15, 0.2) is 11.5 Å². The van der Waals surface area contributed by atoms with Gasteiger partial charge in [-0.25, -0.2) is 14.4 Å². The van der Waals surface area contributed by atoms with Crippen LogP contribution in [-0.2, 0) is 4.79 Å². The number of fused-ring (bicyclic) bond motifs is 2. The molecule has 1 aliphatic heterocycles. The number of imidazole rings is 1. The Balaban J connectivity index is 1.39. The summed E-state index contributed by atoms with van der Waals surface area (Å²) >= 11 is 0. The highest BCUT2D eigenvalue weighted by Gasteiger charge is 2.21. The fourth-order valence-electron chi connectivity index (χ4n) is 3.87. The molecule has 8 nitrogen and oxygen atoms in total. The summed E-state index contributed by atoms with van der Waals surface area (Å²) in [5.41, 5.74) is 2.54. The SMILES string of the molecule is CC(=O)N1CCC(Nc2ncc3c(-c4cc(F)c5nccn5c4)c[nH]c3n2)CC1. The van der Waals surface area contributed by atoms with Crippen LogP contribution in [0.4, 0.5) is 10.3 Å². The Bertz CT molecular complexity index is 1210. The Hall–Kier alpha value is -3.49. The summed E-state index contributed by atoms with van der Waals surface area (Å²) in [6.45, 7) is 3.08. The van der Waals surface area contributed by atoms with Crippen molar-refractivity contribution in [2.24, 2.45) is 0 Å². The molecule has 1 aliphatic rings. The molecule has 0 aliphatic carbocycles. The van der Waals surface area contributed by atoms with Crippen molar-refractivity contribution >= 4 is 28.5 Å². The number of carbonyl (C=O) groups is 1. The smallest absolute Gasteiger partial charge is 0.224 e. The summed E-state index contributed by atoms with van der Waals surface area (Å²) in [7, 11) is 0. The maximum Gasteiger partial charge on any atom is 0.224 e. The quantitative estimate of drug-likeness (QED) is 0.559. The summed E-state index contributed by atoms with van der Waals surface area (Å²) in [6.07, 6.45) is 10.4. The average molecular weight is 393 g/mol. The van der Waals surface area contributed by atoms with Gasteiger partial charge in [-0.15, -0.1) is 0 Å². The van der Waals surface area contributed by atoms with Crippen molar-refractivity contribution in [3.05, 3.63) is 42.9 Å². The van der Waals surface area contributed by atoms with E-state index in [1.807, 2.05) is 17.3 Å². The largest absolute Gasteiger partial charge is 0.351 e. The van der Waals surface area contributed by atoms with Crippen LogP contribution >= 0.6 is 0 Å². The van der Waals surface area contributed by atoms with Crippen molar-refractivity contribution in [2.45, 2.75) is 25.8 Å². The number of pyridine rings is 1. The number of aromatic nitrogens is 5. The van der Waals surface area contributed by atoms with E-state index in [1.54, 1.807) is 29.9 Å². The van der Waals surface area contributed by atoms with Crippen molar-refractivity contribution in [2.75, 3.05) is 18.4 Å². The molecule has 0 spiro atoms. The van der Waals surface area contributed by atoms with Crippen LogP contribution in [0.2, 0.25) is 0 Å². The molecule has 0 unspecified atom stereocenters. The topological polar surface area (TPSA) is 91.2 Å². The molecule has 0 aromatic carbocycles. The summed E-state index contributed by atoms with van der Waals surface area (Å²) in [4.78, 5) is 29.5. The van der Waals surface area contributed by atoms with Crippen LogP contribution in [0.5, 0.6) is 0 Å². The first-order chi connectivity index (χ1) is 14.1. The lowest BCUT2D eigenvalue weighted by Gasteiger charge is -2.31. The van der Waals surface area contributed by atoms with Gasteiger partial charge in [0.05, 0.1) is 0 Å². The standard InChI is InChI=1S/C20H20FN7O/c1-12(29)27-5-2-14(3-6-27)25-20-24-10-16-15(9-23-18(16)26-20)13-8-17(21)19-22-4-7-28(19)11-13/h4,7-11,14H,2-3,5-6H2,1H3,(H2,23,24,25,26). The molecule has 1 fully saturated rings. The maximum absolute atomic E-state index is 14.3. The van der Waals surface area contributed by atoms with Gasteiger partial charge in [-0.1, -0.05) is 0 Å². The Labute approximate surface area is 165 Å². The Morgan fingerprint density at radius 1 is 1.31 bits per heavy atom. The van der Waals surface area contributed by atoms with Crippen molar-refractivity contribution in [3.63, 3.8) is 0 Å². The molecular formula is C20H20FN7O. The van der Waals surface area contributed by atoms with Gasteiger partial charge in [0, 0.05) is 73.6 Å². The molecule has 1 saturated heterocycles. The van der Waals surface area contributed by atoms with Gasteiger partial charge in [-0.05, 0) is 18.9 Å². The van der Waals surface area contributed by atoms with E-state index >= 15 is 0 Å². The normalized spacial score (nSPS) is 15.3. The summed E-state index contributed by atoms with van der Waals surface area (Å²) in [5, 5.41) is 4.18. The number of nitrogens with one attached hydrogen (secondary N) is 2. The van der Waals surface area contributed by atoms with Crippen LogP contribution in [0.1, 0.15) is 19.8 Å². The molecule has 2 N–H and O–H groups in total. The van der Waals surface area contributed by atoms with Crippen molar-refractivity contribution < 1.29 is 9.18 Å². The molecular weight excluding hydrogens is 373 g/mol. The van der Waals surface area contributed by atoms with E-state index in [4.69, 9.17) is 0 Å². The van der Waals surface area contributed by atoms with Crippen molar-refractivity contribution in [1.82, 2.24) is 29.2 Å². The molecule has 0 saturated carbocycles. The van der Waals surface area contributed by atoms with E-state index in [0.717, 1.165) is 42.4 Å². The fourth-order valence-corrected chi connectivity index (χ4v) is 3.87. The molecule has 5 rings (SSSR count). The summed E-state index contributed by atoms with van der Waals surface area (Å²) in [6, 6.07) is 1.70. The monoisotopic (exact) mass is 393 g/mol. The van der Waals surface area contributed by atoms with Gasteiger partial charge >= 0.3 is 0 Å². The molecule has 148 valence electrons. The number of amides is 1. The first kappa shape index (κ1) is 17.6. The second-order valence-electron chi connectivity index (χ2n) is 7.32. The number of hydrogen-bond acceptors (Lipinski definition) is 5. The molecule has 0 atom stereocenters. The minimum atomic E-state index is -0.377. The summed E-state index contributed by atoms with van der Waals surface area (Å²) < 4.78 is 16.0. The third-order valence-corrected chi connectivity index (χ3v) is 5.46. The second kappa shape index (κ2) is 6.84. The minimum absolute atomic E-state index is 0.116. The number of rotatable bonds is 3. The Kier molecular flexibility index (Phi) is 4.15. The van der Waals surface area contributed by atoms with Crippen LogP contribution in [0.25, 0.3) is 27.8 Å². The Morgan fingerprint density at radius 3 is 2.93 bits per heavy atom. The first-order valence-electron chi connectivity index (χ1n) is 9.57. The molecule has 0 radical (unpaired) electrons. The van der Waals surface area contributed by atoms with Crippen LogP contribution < -0.4 is 5.32 Å². The minimum Gasteiger partial charge on any atom is -0.351 e. The van der Waals surface area contributed by atoms with Gasteiger partial charge < -0.3 is 19.6 Å². The van der Waals surface area contributed by atoms with Gasteiger partial charge in [-0.2, -0.15) is 4.98 Å². The number of hydrogen-bond donors (Lipinski definition) is 2. The third-order valence-electron chi connectivity index (χ3n) is 5.46. The lowest BCUT2D eigenvalue weighted by molar-refractivity contribution is -0.129. The van der Waals surface area contributed by atoms with Crippen molar-refractivity contribution in [1.29, 1.82) is 0 Å². The van der Waals surface area contributed by atoms with E-state index in [-0.39, 0.29) is 17.8 Å². The highest BCUT2D eigenvalue weighted by Crippen LogP contribution is 2.29. The number of H-pyrrole nitrogens is 1. The molecule has 5 heterocycles. The van der Waals surface area contributed by atoms with Gasteiger partial charge in [0.2, 0.25) is 11.9 Å². The van der Waals surface area contributed by atoms with Crippen molar-refractivity contribution in [3.8, 4) is 11.1 Å². The number of likely N-dealkylation sites (tertiary alicyclic amines) is 1. The molecule has 0 bridgehead atoms. The Morgan fingerprint density at radius 2 is 2.14 bits per heavy atom. The van der Waals surface area contributed by atoms with Crippen LogP contribution in [-0.4, -0.2) is 54.3 Å². The fraction of sp³-hybridized carbons (Fsp3) is 0.300. The number of anilines is 1. The van der Waals surface area contributed by atoms with Crippen LogP contribution in [0.15, 0.2) is 37.1 Å². The van der Waals surface area contributed by atoms with E-state index in [0.29, 0.717) is 17.2 Å². The molecule has 1 amide bonds. The maximum atomic E-state index is 14.3. The van der Waals surface area contributed by atoms with Crippen LogP contribution in [0, 0.1) is 5.82 Å². The lowest BCUT2D eigenvalue weighted by atomic mass is 10.1. The number of carbonyl (C=O) groups excluding carboxylic acids is 1. The zero-order valence-corrected chi connectivity index (χ0v) is 15.9. The summed E-state index contributed by atoms with van der Waals surface area (Å²) in [5.74, 6) is 0.284. The van der Waals surface area contributed by atoms with Gasteiger partial charge in [-0.3, -0.25) is 4.79 Å².